The minimum atomic E-state index is -0.408. The Hall–Kier alpha value is -1.02. The maximum atomic E-state index is 9.89. The summed E-state index contributed by atoms with van der Waals surface area (Å²) < 4.78 is 10.2. The van der Waals surface area contributed by atoms with Crippen molar-refractivity contribution < 1.29 is 14.4 Å². The monoisotopic (exact) mass is 298 g/mol. The number of ether oxygens (including phenoxy) is 1. The third-order valence-electron chi connectivity index (χ3n) is 3.81. The predicted octanol–water partition coefficient (Wildman–Crippen LogP) is 0.282. The largest absolute Gasteiger partial charge is 0.389 e. The molecule has 2 atom stereocenters. The van der Waals surface area contributed by atoms with Crippen LogP contribution >= 0.6 is 0 Å². The molecule has 1 N–H and O–H groups in total. The number of aliphatic hydroxyl groups excluding tert-OH is 1. The molecule has 2 heterocycles. The average Bonchev–Trinajstić information content (AvgIpc) is 3.06. The van der Waals surface area contributed by atoms with Crippen LogP contribution in [0.5, 0.6) is 0 Å². The lowest BCUT2D eigenvalue weighted by atomic mass is 10.2. The molecule has 2 rings (SSSR count). The van der Waals surface area contributed by atoms with Gasteiger partial charge in [0.25, 0.3) is 0 Å². The molecule has 21 heavy (non-hydrogen) atoms. The number of aryl methyl sites for hydroxylation is 1. The van der Waals surface area contributed by atoms with Crippen molar-refractivity contribution in [3.05, 3.63) is 11.7 Å². The minimum Gasteiger partial charge on any atom is -0.389 e. The molecular formula is C14H26N4O3. The standard InChI is InChI=1S/C14H26N4O3/c1-4-20-10-13(19)8-18-6-5-12(7-18)17(3)9-14-15-11(2)21-16-14/h12-13,19H,4-10H2,1-3H3/t12-,13-/m1/s1. The molecule has 7 heteroatoms. The number of hydrogen-bond acceptors (Lipinski definition) is 7. The van der Waals surface area contributed by atoms with Gasteiger partial charge in [0.1, 0.15) is 0 Å². The molecule has 1 aliphatic rings. The van der Waals surface area contributed by atoms with Gasteiger partial charge in [-0.1, -0.05) is 5.16 Å². The van der Waals surface area contributed by atoms with Crippen LogP contribution in [0.25, 0.3) is 0 Å². The summed E-state index contributed by atoms with van der Waals surface area (Å²) in [5, 5.41) is 13.8. The van der Waals surface area contributed by atoms with Crippen LogP contribution in [-0.2, 0) is 11.3 Å². The number of likely N-dealkylation sites (N-methyl/N-ethyl adjacent to an activating group) is 1. The molecule has 0 aromatic carbocycles. The molecule has 0 radical (unpaired) electrons. The van der Waals surface area contributed by atoms with E-state index in [0.29, 0.717) is 38.2 Å². The van der Waals surface area contributed by atoms with Gasteiger partial charge in [-0.25, -0.2) is 0 Å². The number of hydrogen-bond donors (Lipinski definition) is 1. The first kappa shape index (κ1) is 16.4. The number of nitrogens with zero attached hydrogens (tertiary/aromatic N) is 4. The molecule has 1 saturated heterocycles. The Morgan fingerprint density at radius 2 is 2.38 bits per heavy atom. The van der Waals surface area contributed by atoms with Crippen molar-refractivity contribution in [3.63, 3.8) is 0 Å². The normalized spacial score (nSPS) is 21.3. The van der Waals surface area contributed by atoms with E-state index in [2.05, 4.69) is 27.0 Å². The van der Waals surface area contributed by atoms with Crippen molar-refractivity contribution >= 4 is 0 Å². The first-order valence-corrected chi connectivity index (χ1v) is 7.56. The van der Waals surface area contributed by atoms with Crippen LogP contribution in [0.4, 0.5) is 0 Å². The van der Waals surface area contributed by atoms with Crippen molar-refractivity contribution in [1.29, 1.82) is 0 Å². The first-order chi connectivity index (χ1) is 10.1. The fourth-order valence-corrected chi connectivity index (χ4v) is 2.70. The number of aromatic nitrogens is 2. The Bertz CT molecular complexity index is 426. The van der Waals surface area contributed by atoms with E-state index < -0.39 is 6.10 Å². The van der Waals surface area contributed by atoms with E-state index >= 15 is 0 Å². The Morgan fingerprint density at radius 1 is 1.57 bits per heavy atom. The highest BCUT2D eigenvalue weighted by molar-refractivity contribution is 4.88. The third-order valence-corrected chi connectivity index (χ3v) is 3.81. The predicted molar refractivity (Wildman–Crippen MR) is 77.8 cm³/mol. The quantitative estimate of drug-likeness (QED) is 0.739. The van der Waals surface area contributed by atoms with E-state index in [9.17, 15) is 5.11 Å². The van der Waals surface area contributed by atoms with Gasteiger partial charge in [-0.2, -0.15) is 4.98 Å². The SMILES string of the molecule is CCOC[C@H](O)CN1CC[C@@H](N(C)Cc2noc(C)n2)C1. The zero-order chi connectivity index (χ0) is 15.2. The van der Waals surface area contributed by atoms with Crippen LogP contribution < -0.4 is 0 Å². The fraction of sp³-hybridized carbons (Fsp3) is 0.857. The molecular weight excluding hydrogens is 272 g/mol. The van der Waals surface area contributed by atoms with Gasteiger partial charge in [-0.3, -0.25) is 9.80 Å². The maximum absolute atomic E-state index is 9.89. The topological polar surface area (TPSA) is 74.9 Å². The molecule has 1 aliphatic heterocycles. The summed E-state index contributed by atoms with van der Waals surface area (Å²) in [4.78, 5) is 8.77. The van der Waals surface area contributed by atoms with Crippen LogP contribution in [-0.4, -0.2) is 77.1 Å². The van der Waals surface area contributed by atoms with Crippen molar-refractivity contribution in [2.24, 2.45) is 0 Å². The van der Waals surface area contributed by atoms with Crippen molar-refractivity contribution in [3.8, 4) is 0 Å². The maximum Gasteiger partial charge on any atom is 0.223 e. The molecule has 7 nitrogen and oxygen atoms in total. The number of β-amino-alcohol motifs (C(OH)–C–C–N with tert-alkyl or cyclic N) is 1. The Balaban J connectivity index is 1.73. The van der Waals surface area contributed by atoms with Gasteiger partial charge < -0.3 is 14.4 Å². The highest BCUT2D eigenvalue weighted by Gasteiger charge is 2.27. The summed E-state index contributed by atoms with van der Waals surface area (Å²) in [5.74, 6) is 1.33. The lowest BCUT2D eigenvalue weighted by Crippen LogP contribution is -2.37. The van der Waals surface area contributed by atoms with Gasteiger partial charge in [0.15, 0.2) is 5.82 Å². The lowest BCUT2D eigenvalue weighted by molar-refractivity contribution is 0.0240. The number of aliphatic hydroxyl groups is 1. The highest BCUT2D eigenvalue weighted by atomic mass is 16.5. The minimum absolute atomic E-state index is 0.408. The van der Waals surface area contributed by atoms with Crippen LogP contribution in [0.15, 0.2) is 4.52 Å². The van der Waals surface area contributed by atoms with E-state index in [1.54, 1.807) is 6.92 Å². The van der Waals surface area contributed by atoms with E-state index in [0.717, 1.165) is 25.3 Å². The molecule has 0 amide bonds. The second-order valence-electron chi connectivity index (χ2n) is 5.66. The molecule has 1 fully saturated rings. The van der Waals surface area contributed by atoms with Crippen LogP contribution in [0.2, 0.25) is 0 Å². The molecule has 1 aromatic rings. The lowest BCUT2D eigenvalue weighted by Gasteiger charge is -2.24. The molecule has 0 saturated carbocycles. The van der Waals surface area contributed by atoms with Gasteiger partial charge in [-0.15, -0.1) is 0 Å². The Morgan fingerprint density at radius 3 is 3.05 bits per heavy atom. The van der Waals surface area contributed by atoms with Gasteiger partial charge in [0.2, 0.25) is 5.89 Å². The summed E-state index contributed by atoms with van der Waals surface area (Å²) in [6.45, 7) is 8.12. The summed E-state index contributed by atoms with van der Waals surface area (Å²) in [6, 6.07) is 0.461. The number of rotatable bonds is 8. The second kappa shape index (κ2) is 7.84. The Kier molecular flexibility index (Phi) is 6.10. The zero-order valence-corrected chi connectivity index (χ0v) is 13.2. The van der Waals surface area contributed by atoms with Crippen molar-refractivity contribution in [2.45, 2.75) is 39.0 Å². The molecule has 120 valence electrons. The van der Waals surface area contributed by atoms with Crippen molar-refractivity contribution in [2.75, 3.05) is 39.9 Å². The van der Waals surface area contributed by atoms with E-state index in [-0.39, 0.29) is 0 Å². The summed E-state index contributed by atoms with van der Waals surface area (Å²) >= 11 is 0. The summed E-state index contributed by atoms with van der Waals surface area (Å²) in [5.41, 5.74) is 0. The summed E-state index contributed by atoms with van der Waals surface area (Å²) in [6.07, 6.45) is 0.683. The molecule has 1 aromatic heterocycles. The van der Waals surface area contributed by atoms with Gasteiger partial charge in [0, 0.05) is 32.7 Å². The molecule has 0 unspecified atom stereocenters. The molecule has 0 aliphatic carbocycles. The van der Waals surface area contributed by atoms with E-state index in [1.165, 1.54) is 0 Å². The summed E-state index contributed by atoms with van der Waals surface area (Å²) in [7, 11) is 2.08. The first-order valence-electron chi connectivity index (χ1n) is 7.56. The van der Waals surface area contributed by atoms with Gasteiger partial charge in [-0.05, 0) is 26.9 Å². The molecule has 0 bridgehead atoms. The highest BCUT2D eigenvalue weighted by Crippen LogP contribution is 2.16. The van der Waals surface area contributed by atoms with Gasteiger partial charge in [0.05, 0.1) is 19.3 Å². The van der Waals surface area contributed by atoms with Gasteiger partial charge >= 0.3 is 0 Å². The van der Waals surface area contributed by atoms with Crippen LogP contribution in [0.3, 0.4) is 0 Å². The zero-order valence-electron chi connectivity index (χ0n) is 13.2. The third kappa shape index (κ3) is 5.03. The fourth-order valence-electron chi connectivity index (χ4n) is 2.70. The van der Waals surface area contributed by atoms with E-state index in [4.69, 9.17) is 9.26 Å². The van der Waals surface area contributed by atoms with Crippen LogP contribution in [0, 0.1) is 6.92 Å². The van der Waals surface area contributed by atoms with Crippen LogP contribution in [0.1, 0.15) is 25.1 Å². The van der Waals surface area contributed by atoms with E-state index in [1.807, 2.05) is 6.92 Å². The second-order valence-corrected chi connectivity index (χ2v) is 5.66. The smallest absolute Gasteiger partial charge is 0.223 e. The average molecular weight is 298 g/mol. The molecule has 0 spiro atoms. The number of likely N-dealkylation sites (tertiary alicyclic amines) is 1. The van der Waals surface area contributed by atoms with Crippen molar-refractivity contribution in [1.82, 2.24) is 19.9 Å². The Labute approximate surface area is 125 Å².